The molecular formula is C16H20N4O3S. The first-order chi connectivity index (χ1) is 11.5. The van der Waals surface area contributed by atoms with Gasteiger partial charge in [0, 0.05) is 18.7 Å². The monoisotopic (exact) mass is 348 g/mol. The van der Waals surface area contributed by atoms with Gasteiger partial charge in [-0.3, -0.25) is 14.5 Å². The van der Waals surface area contributed by atoms with Gasteiger partial charge in [0.15, 0.2) is 0 Å². The van der Waals surface area contributed by atoms with Gasteiger partial charge in [-0.1, -0.05) is 23.8 Å². The average Bonchev–Trinajstić information content (AvgIpc) is 2.84. The van der Waals surface area contributed by atoms with Crippen LogP contribution in [0.5, 0.6) is 0 Å². The van der Waals surface area contributed by atoms with Crippen LogP contribution in [0.3, 0.4) is 0 Å². The van der Waals surface area contributed by atoms with Gasteiger partial charge in [-0.2, -0.15) is 0 Å². The van der Waals surface area contributed by atoms with E-state index in [1.807, 2.05) is 0 Å². The molecule has 0 radical (unpaired) electrons. The molecule has 1 aromatic carbocycles. The highest BCUT2D eigenvalue weighted by molar-refractivity contribution is 7.90. The number of nitrogens with zero attached hydrogens (tertiary/aromatic N) is 1. The number of amidine groups is 1. The number of rotatable bonds is 4. The van der Waals surface area contributed by atoms with Gasteiger partial charge in [-0.25, -0.2) is 8.42 Å². The molecule has 24 heavy (non-hydrogen) atoms. The van der Waals surface area contributed by atoms with Crippen LogP contribution in [0, 0.1) is 0 Å². The summed E-state index contributed by atoms with van der Waals surface area (Å²) in [5.74, 6) is -0.0140. The molecule has 0 spiro atoms. The molecule has 128 valence electrons. The Kier molecular flexibility index (Phi) is 4.68. The Bertz CT molecular complexity index is 814. The second-order valence-electron chi connectivity index (χ2n) is 5.79. The van der Waals surface area contributed by atoms with E-state index in [1.165, 1.54) is 11.6 Å². The maximum absolute atomic E-state index is 12.2. The van der Waals surface area contributed by atoms with Gasteiger partial charge in [0.2, 0.25) is 5.91 Å². The number of sulfonamides is 1. The van der Waals surface area contributed by atoms with E-state index < -0.39 is 16.1 Å². The standard InChI is InChI=1S/C16H20N4O3S/c1-11(16(21)18-10-12-6-8-17-9-7-12)19-15-13-4-2-3-5-14(13)24(22,23)20-15/h2-6,11,17H,7-10H2,1H3,(H,18,21)(H,19,20). The van der Waals surface area contributed by atoms with Crippen LogP contribution in [0.1, 0.15) is 18.9 Å². The van der Waals surface area contributed by atoms with Crippen molar-refractivity contribution in [2.45, 2.75) is 24.3 Å². The van der Waals surface area contributed by atoms with Crippen LogP contribution in [0.25, 0.3) is 0 Å². The Balaban J connectivity index is 1.70. The van der Waals surface area contributed by atoms with Crippen LogP contribution in [-0.4, -0.2) is 45.8 Å². The van der Waals surface area contributed by atoms with Crippen molar-refractivity contribution in [2.75, 3.05) is 19.6 Å². The maximum Gasteiger partial charge on any atom is 0.263 e. The topological polar surface area (TPSA) is 99.7 Å². The Hall–Kier alpha value is -2.19. The summed E-state index contributed by atoms with van der Waals surface area (Å²) in [6.07, 6.45) is 2.98. The number of aliphatic imine (C=N–C) groups is 1. The molecule has 3 rings (SSSR count). The predicted molar refractivity (Wildman–Crippen MR) is 91.3 cm³/mol. The summed E-state index contributed by atoms with van der Waals surface area (Å²) in [4.78, 5) is 16.7. The molecule has 7 nitrogen and oxygen atoms in total. The third-order valence-electron chi connectivity index (χ3n) is 4.01. The van der Waals surface area contributed by atoms with Crippen LogP contribution in [0.2, 0.25) is 0 Å². The largest absolute Gasteiger partial charge is 0.351 e. The number of amides is 1. The third-order valence-corrected chi connectivity index (χ3v) is 5.41. The van der Waals surface area contributed by atoms with Crippen molar-refractivity contribution in [2.24, 2.45) is 4.99 Å². The highest BCUT2D eigenvalue weighted by atomic mass is 32.2. The molecule has 0 fully saturated rings. The van der Waals surface area contributed by atoms with Crippen molar-refractivity contribution in [3.05, 3.63) is 41.5 Å². The number of benzene rings is 1. The second kappa shape index (κ2) is 6.74. The molecule has 0 bridgehead atoms. The first-order valence-electron chi connectivity index (χ1n) is 7.84. The lowest BCUT2D eigenvalue weighted by Crippen LogP contribution is -2.36. The summed E-state index contributed by atoms with van der Waals surface area (Å²) in [7, 11) is -3.58. The molecule has 0 saturated heterocycles. The van der Waals surface area contributed by atoms with Crippen molar-refractivity contribution < 1.29 is 13.2 Å². The van der Waals surface area contributed by atoms with Crippen molar-refractivity contribution in [1.82, 2.24) is 15.4 Å². The third kappa shape index (κ3) is 3.49. The van der Waals surface area contributed by atoms with E-state index in [1.54, 1.807) is 25.1 Å². The van der Waals surface area contributed by atoms with Gasteiger partial charge in [-0.05, 0) is 32.0 Å². The average molecular weight is 348 g/mol. The van der Waals surface area contributed by atoms with E-state index in [2.05, 4.69) is 26.4 Å². The van der Waals surface area contributed by atoms with Gasteiger partial charge in [0.05, 0.1) is 4.90 Å². The molecule has 0 aromatic heterocycles. The van der Waals surface area contributed by atoms with Crippen LogP contribution in [0.4, 0.5) is 0 Å². The van der Waals surface area contributed by atoms with Crippen molar-refractivity contribution in [1.29, 1.82) is 0 Å². The summed E-state index contributed by atoms with van der Waals surface area (Å²) in [5.41, 5.74) is 1.69. The number of hydrogen-bond donors (Lipinski definition) is 3. The zero-order valence-corrected chi connectivity index (χ0v) is 14.2. The normalized spacial score (nSPS) is 21.5. The smallest absolute Gasteiger partial charge is 0.263 e. The first kappa shape index (κ1) is 16.7. The minimum atomic E-state index is -3.58. The minimum absolute atomic E-state index is 0.191. The fraction of sp³-hybridized carbons (Fsp3) is 0.375. The Morgan fingerprint density at radius 3 is 2.92 bits per heavy atom. The van der Waals surface area contributed by atoms with E-state index in [-0.39, 0.29) is 16.6 Å². The van der Waals surface area contributed by atoms with Crippen LogP contribution >= 0.6 is 0 Å². The lowest BCUT2D eigenvalue weighted by atomic mass is 10.1. The fourth-order valence-electron chi connectivity index (χ4n) is 2.66. The molecule has 1 atom stereocenters. The predicted octanol–water partition coefficient (Wildman–Crippen LogP) is 0.150. The number of carbonyl (C=O) groups excluding carboxylic acids is 1. The second-order valence-corrected chi connectivity index (χ2v) is 7.44. The Morgan fingerprint density at radius 1 is 1.38 bits per heavy atom. The Morgan fingerprint density at radius 2 is 2.17 bits per heavy atom. The van der Waals surface area contributed by atoms with Gasteiger partial charge >= 0.3 is 0 Å². The molecule has 2 aliphatic rings. The SMILES string of the molecule is CC(N=C1NS(=O)(=O)c2ccccc21)C(=O)NCC1=CCNCC1. The molecule has 0 aliphatic carbocycles. The molecule has 2 heterocycles. The van der Waals surface area contributed by atoms with E-state index >= 15 is 0 Å². The van der Waals surface area contributed by atoms with Crippen molar-refractivity contribution >= 4 is 21.8 Å². The minimum Gasteiger partial charge on any atom is -0.351 e. The summed E-state index contributed by atoms with van der Waals surface area (Å²) in [5, 5.41) is 6.07. The Labute approximate surface area is 141 Å². The molecule has 1 unspecified atom stereocenters. The van der Waals surface area contributed by atoms with E-state index in [4.69, 9.17) is 0 Å². The molecule has 3 N–H and O–H groups in total. The number of fused-ring (bicyclic) bond motifs is 1. The summed E-state index contributed by atoms with van der Waals surface area (Å²) < 4.78 is 26.5. The van der Waals surface area contributed by atoms with E-state index in [0.29, 0.717) is 12.1 Å². The van der Waals surface area contributed by atoms with Crippen molar-refractivity contribution in [3.63, 3.8) is 0 Å². The number of hydrogen-bond acceptors (Lipinski definition) is 5. The van der Waals surface area contributed by atoms with E-state index in [9.17, 15) is 13.2 Å². The van der Waals surface area contributed by atoms with Crippen molar-refractivity contribution in [3.8, 4) is 0 Å². The van der Waals surface area contributed by atoms with Crippen LogP contribution in [-0.2, 0) is 14.8 Å². The maximum atomic E-state index is 12.2. The molecule has 1 amide bonds. The first-order valence-corrected chi connectivity index (χ1v) is 9.32. The zero-order valence-electron chi connectivity index (χ0n) is 13.4. The number of carbonyl (C=O) groups is 1. The molecule has 2 aliphatic heterocycles. The fourth-order valence-corrected chi connectivity index (χ4v) is 3.90. The van der Waals surface area contributed by atoms with Gasteiger partial charge in [-0.15, -0.1) is 0 Å². The quantitative estimate of drug-likeness (QED) is 0.675. The lowest BCUT2D eigenvalue weighted by molar-refractivity contribution is -0.121. The lowest BCUT2D eigenvalue weighted by Gasteiger charge is -2.15. The van der Waals surface area contributed by atoms with Gasteiger partial charge in [0.25, 0.3) is 10.0 Å². The summed E-state index contributed by atoms with van der Waals surface area (Å²) >= 11 is 0. The summed E-state index contributed by atoms with van der Waals surface area (Å²) in [6, 6.07) is 5.91. The molecule has 0 saturated carbocycles. The highest BCUT2D eigenvalue weighted by Crippen LogP contribution is 2.22. The van der Waals surface area contributed by atoms with Crippen LogP contribution < -0.4 is 15.4 Å². The summed E-state index contributed by atoms with van der Waals surface area (Å²) in [6.45, 7) is 3.88. The van der Waals surface area contributed by atoms with E-state index in [0.717, 1.165) is 19.5 Å². The highest BCUT2D eigenvalue weighted by Gasteiger charge is 2.31. The zero-order chi connectivity index (χ0) is 17.2. The molecular weight excluding hydrogens is 328 g/mol. The number of nitrogens with one attached hydrogen (secondary N) is 3. The molecule has 8 heteroatoms. The molecule has 1 aromatic rings. The van der Waals surface area contributed by atoms with Gasteiger partial charge < -0.3 is 10.6 Å². The van der Waals surface area contributed by atoms with Crippen LogP contribution in [0.15, 0.2) is 45.8 Å². The van der Waals surface area contributed by atoms with Gasteiger partial charge in [0.1, 0.15) is 11.9 Å².